The first kappa shape index (κ1) is 14.3. The molecular weight excluding hydrogens is 271 g/mol. The number of hydrogen-bond acceptors (Lipinski definition) is 4. The Bertz CT molecular complexity index is 558. The van der Waals surface area contributed by atoms with Crippen LogP contribution in [0.5, 0.6) is 0 Å². The van der Waals surface area contributed by atoms with E-state index < -0.39 is 5.82 Å². The largest absolute Gasteiger partial charge is 0.393 e. The van der Waals surface area contributed by atoms with Crippen molar-refractivity contribution in [2.45, 2.75) is 31.4 Å². The van der Waals surface area contributed by atoms with Crippen LogP contribution >= 0.6 is 0 Å². The molecular formula is C16H19FN2O2. The molecule has 1 aromatic carbocycles. The molecule has 2 aliphatic rings. The van der Waals surface area contributed by atoms with Gasteiger partial charge in [0, 0.05) is 25.1 Å². The third kappa shape index (κ3) is 2.61. The van der Waals surface area contributed by atoms with Gasteiger partial charge in [-0.2, -0.15) is 5.26 Å². The average Bonchev–Trinajstić information content (AvgIpc) is 2.96. The van der Waals surface area contributed by atoms with Crippen molar-refractivity contribution in [1.82, 2.24) is 0 Å². The number of nitriles is 1. The molecule has 2 heterocycles. The average molecular weight is 290 g/mol. The third-order valence-electron chi connectivity index (χ3n) is 4.57. The first-order chi connectivity index (χ1) is 10.2. The van der Waals surface area contributed by atoms with Gasteiger partial charge in [0.15, 0.2) is 0 Å². The van der Waals surface area contributed by atoms with Gasteiger partial charge in [0.2, 0.25) is 0 Å². The van der Waals surface area contributed by atoms with E-state index in [1.165, 1.54) is 6.07 Å². The molecule has 1 N–H and O–H groups in total. The number of aliphatic hydroxyl groups excluding tert-OH is 1. The monoisotopic (exact) mass is 290 g/mol. The van der Waals surface area contributed by atoms with E-state index in [1.807, 2.05) is 6.07 Å². The molecule has 0 aromatic heterocycles. The van der Waals surface area contributed by atoms with Crippen LogP contribution in [-0.2, 0) is 4.74 Å². The summed E-state index contributed by atoms with van der Waals surface area (Å²) in [5.41, 5.74) is 0.730. The van der Waals surface area contributed by atoms with E-state index in [2.05, 4.69) is 4.90 Å². The Balaban J connectivity index is 1.91. The fourth-order valence-corrected chi connectivity index (χ4v) is 3.52. The molecule has 3 rings (SSSR count). The lowest BCUT2D eigenvalue weighted by Gasteiger charge is -2.38. The number of ether oxygens (including phenoxy) is 1. The topological polar surface area (TPSA) is 56.5 Å². The van der Waals surface area contributed by atoms with Gasteiger partial charge >= 0.3 is 0 Å². The summed E-state index contributed by atoms with van der Waals surface area (Å²) < 4.78 is 19.3. The zero-order valence-electron chi connectivity index (χ0n) is 11.8. The first-order valence-electron chi connectivity index (χ1n) is 7.43. The Kier molecular flexibility index (Phi) is 4.09. The maximum absolute atomic E-state index is 13.8. The lowest BCUT2D eigenvalue weighted by Crippen LogP contribution is -2.46. The van der Waals surface area contributed by atoms with Crippen molar-refractivity contribution in [3.8, 4) is 6.07 Å². The van der Waals surface area contributed by atoms with Crippen LogP contribution in [-0.4, -0.2) is 37.0 Å². The molecule has 0 radical (unpaired) electrons. The van der Waals surface area contributed by atoms with Crippen molar-refractivity contribution >= 4 is 5.69 Å². The summed E-state index contributed by atoms with van der Waals surface area (Å²) in [7, 11) is 0. The van der Waals surface area contributed by atoms with E-state index >= 15 is 0 Å². The molecule has 0 saturated carbocycles. The Morgan fingerprint density at radius 1 is 1.38 bits per heavy atom. The highest BCUT2D eigenvalue weighted by molar-refractivity contribution is 5.61. The van der Waals surface area contributed by atoms with Crippen molar-refractivity contribution in [2.75, 3.05) is 24.7 Å². The molecule has 0 bridgehead atoms. The number of benzene rings is 1. The highest BCUT2D eigenvalue weighted by atomic mass is 19.1. The minimum Gasteiger partial charge on any atom is -0.393 e. The second-order valence-corrected chi connectivity index (χ2v) is 5.74. The van der Waals surface area contributed by atoms with E-state index in [0.29, 0.717) is 25.3 Å². The SMILES string of the molecule is N#Cc1c(F)cccc1N1CCC[C@@H]1[C@H]1COCC[C@H]1O. The van der Waals surface area contributed by atoms with Crippen molar-refractivity contribution in [3.63, 3.8) is 0 Å². The van der Waals surface area contributed by atoms with Gasteiger partial charge in [0.25, 0.3) is 0 Å². The van der Waals surface area contributed by atoms with Crippen molar-refractivity contribution < 1.29 is 14.2 Å². The van der Waals surface area contributed by atoms with Crippen LogP contribution in [0.1, 0.15) is 24.8 Å². The molecule has 21 heavy (non-hydrogen) atoms. The lowest BCUT2D eigenvalue weighted by molar-refractivity contribution is -0.0437. The Morgan fingerprint density at radius 2 is 2.24 bits per heavy atom. The molecule has 2 fully saturated rings. The van der Waals surface area contributed by atoms with Crippen LogP contribution in [0.25, 0.3) is 0 Å². The third-order valence-corrected chi connectivity index (χ3v) is 4.57. The predicted molar refractivity (Wildman–Crippen MR) is 76.4 cm³/mol. The van der Waals surface area contributed by atoms with Crippen LogP contribution in [0.15, 0.2) is 18.2 Å². The van der Waals surface area contributed by atoms with Gasteiger partial charge in [-0.3, -0.25) is 0 Å². The highest BCUT2D eigenvalue weighted by Gasteiger charge is 2.38. The van der Waals surface area contributed by atoms with Gasteiger partial charge in [-0.05, 0) is 31.4 Å². The first-order valence-corrected chi connectivity index (χ1v) is 7.43. The molecule has 3 atom stereocenters. The molecule has 0 unspecified atom stereocenters. The van der Waals surface area contributed by atoms with E-state index in [4.69, 9.17) is 4.74 Å². The number of hydrogen-bond donors (Lipinski definition) is 1. The van der Waals surface area contributed by atoms with Gasteiger partial charge in [-0.1, -0.05) is 6.07 Å². The molecule has 2 aliphatic heterocycles. The number of aliphatic hydroxyl groups is 1. The Labute approximate surface area is 123 Å². The maximum Gasteiger partial charge on any atom is 0.143 e. The number of anilines is 1. The van der Waals surface area contributed by atoms with Crippen molar-refractivity contribution in [2.24, 2.45) is 5.92 Å². The zero-order chi connectivity index (χ0) is 14.8. The Morgan fingerprint density at radius 3 is 3.00 bits per heavy atom. The molecule has 5 heteroatoms. The van der Waals surface area contributed by atoms with Crippen molar-refractivity contribution in [1.29, 1.82) is 5.26 Å². The van der Waals surface area contributed by atoms with Gasteiger partial charge in [-0.15, -0.1) is 0 Å². The van der Waals surface area contributed by atoms with E-state index in [-0.39, 0.29) is 23.6 Å². The summed E-state index contributed by atoms with van der Waals surface area (Å²) in [6.07, 6.45) is 2.17. The second-order valence-electron chi connectivity index (χ2n) is 5.74. The maximum atomic E-state index is 13.8. The van der Waals surface area contributed by atoms with Gasteiger partial charge in [0.05, 0.1) is 18.4 Å². The fourth-order valence-electron chi connectivity index (χ4n) is 3.52. The molecule has 0 spiro atoms. The van der Waals surface area contributed by atoms with Crippen LogP contribution in [0.4, 0.5) is 10.1 Å². The van der Waals surface area contributed by atoms with Gasteiger partial charge in [0.1, 0.15) is 17.4 Å². The molecule has 0 amide bonds. The van der Waals surface area contributed by atoms with E-state index in [9.17, 15) is 14.8 Å². The molecule has 112 valence electrons. The smallest absolute Gasteiger partial charge is 0.143 e. The number of nitrogens with zero attached hydrogens (tertiary/aromatic N) is 2. The standard InChI is InChI=1S/C16H19FN2O2/c17-13-3-1-4-14(11(13)9-18)19-7-2-5-15(19)12-10-21-8-6-16(12)20/h1,3-4,12,15-16,20H,2,5-8,10H2/t12-,15-,16-/m1/s1. The van der Waals surface area contributed by atoms with Crippen LogP contribution in [0, 0.1) is 23.1 Å². The molecule has 0 aliphatic carbocycles. The summed E-state index contributed by atoms with van der Waals surface area (Å²) in [6, 6.07) is 6.80. The van der Waals surface area contributed by atoms with Gasteiger partial charge < -0.3 is 14.7 Å². The Hall–Kier alpha value is -1.64. The van der Waals surface area contributed by atoms with Crippen LogP contribution in [0.2, 0.25) is 0 Å². The van der Waals surface area contributed by atoms with Crippen LogP contribution < -0.4 is 4.90 Å². The summed E-state index contributed by atoms with van der Waals surface area (Å²) in [5, 5.41) is 19.4. The molecule has 4 nitrogen and oxygen atoms in total. The van der Waals surface area contributed by atoms with Crippen LogP contribution in [0.3, 0.4) is 0 Å². The van der Waals surface area contributed by atoms with E-state index in [1.54, 1.807) is 12.1 Å². The zero-order valence-corrected chi connectivity index (χ0v) is 11.8. The minimum absolute atomic E-state index is 0.0241. The summed E-state index contributed by atoms with van der Waals surface area (Å²) in [4.78, 5) is 2.07. The van der Waals surface area contributed by atoms with Crippen molar-refractivity contribution in [3.05, 3.63) is 29.6 Å². The summed E-state index contributed by atoms with van der Waals surface area (Å²) in [6.45, 7) is 1.90. The van der Waals surface area contributed by atoms with Gasteiger partial charge in [-0.25, -0.2) is 4.39 Å². The predicted octanol–water partition coefficient (Wildman–Crippen LogP) is 2.06. The van der Waals surface area contributed by atoms with E-state index in [0.717, 1.165) is 19.4 Å². The second kappa shape index (κ2) is 6.00. The normalized spacial score (nSPS) is 29.4. The highest BCUT2D eigenvalue weighted by Crippen LogP contribution is 2.35. The molecule has 2 saturated heterocycles. The summed E-state index contributed by atoms with van der Waals surface area (Å²) in [5.74, 6) is -0.461. The lowest BCUT2D eigenvalue weighted by atomic mass is 9.89. The summed E-state index contributed by atoms with van der Waals surface area (Å²) >= 11 is 0. The fraction of sp³-hybridized carbons (Fsp3) is 0.562. The number of halogens is 1. The quantitative estimate of drug-likeness (QED) is 0.906. The minimum atomic E-state index is -0.485. The molecule has 1 aromatic rings. The number of rotatable bonds is 2.